The summed E-state index contributed by atoms with van der Waals surface area (Å²) >= 11 is 2.65. The Morgan fingerprint density at radius 1 is 0.875 bits per heavy atom. The summed E-state index contributed by atoms with van der Waals surface area (Å²) in [6, 6.07) is 14.2. The van der Waals surface area contributed by atoms with Crippen LogP contribution in [-0.4, -0.2) is 64.1 Å². The number of unbranched alkanes of at least 4 members (excludes halogenated alkanes) is 1. The number of nitrogens with one attached hydrogen (secondary N) is 3. The number of rotatable bonds is 19. The van der Waals surface area contributed by atoms with Crippen LogP contribution in [0.3, 0.4) is 0 Å². The maximum atomic E-state index is 13.8. The lowest BCUT2D eigenvalue weighted by Gasteiger charge is -2.25. The predicted octanol–water partition coefficient (Wildman–Crippen LogP) is 3.51. The number of ketones is 1. The Morgan fingerprint density at radius 2 is 1.58 bits per heavy atom. The molecule has 0 aliphatic heterocycles. The molecule has 0 fully saturated rings. The fraction of sp³-hybridized carbons (Fsp3) is 0.382. The minimum atomic E-state index is -0.952. The summed E-state index contributed by atoms with van der Waals surface area (Å²) in [5, 5.41) is 10.7. The zero-order valence-electron chi connectivity index (χ0n) is 26.9. The van der Waals surface area contributed by atoms with Crippen molar-refractivity contribution in [3.05, 3.63) is 81.8 Å². The first-order valence-corrected chi connectivity index (χ1v) is 17.8. The van der Waals surface area contributed by atoms with Gasteiger partial charge in [-0.1, -0.05) is 62.2 Å². The second-order valence-corrected chi connectivity index (χ2v) is 13.1. The lowest BCUT2D eigenvalue weighted by atomic mass is 10.0. The molecule has 2 aromatic carbocycles. The Morgan fingerprint density at radius 3 is 2.29 bits per heavy atom. The van der Waals surface area contributed by atoms with Crippen LogP contribution >= 0.6 is 22.7 Å². The number of carbonyl (C=O) groups excluding carboxylic acids is 4. The molecule has 2 aromatic heterocycles. The number of aromatic nitrogens is 2. The number of Topliss-reactive ketones (excluding diaryl/α,β-unsaturated/α-hetero) is 1. The number of fused-ring (bicyclic) bond motifs is 1. The van der Waals surface area contributed by atoms with Gasteiger partial charge >= 0.3 is 0 Å². The van der Waals surface area contributed by atoms with Crippen LogP contribution in [0.2, 0.25) is 0 Å². The molecule has 0 bridgehead atoms. The molecule has 254 valence electrons. The molecule has 0 aliphatic carbocycles. The number of hydrogen-bond donors (Lipinski definition) is 5. The van der Waals surface area contributed by atoms with Gasteiger partial charge in [-0.05, 0) is 43.4 Å². The molecule has 14 heteroatoms. The van der Waals surface area contributed by atoms with E-state index in [-0.39, 0.29) is 48.5 Å². The lowest BCUT2D eigenvalue weighted by Crippen LogP contribution is -2.56. The van der Waals surface area contributed by atoms with E-state index in [2.05, 4.69) is 30.9 Å². The average Bonchev–Trinajstić information content (AvgIpc) is 3.77. The van der Waals surface area contributed by atoms with Crippen LogP contribution in [0.5, 0.6) is 0 Å². The highest BCUT2D eigenvalue weighted by Gasteiger charge is 2.31. The van der Waals surface area contributed by atoms with Crippen molar-refractivity contribution in [1.82, 2.24) is 25.9 Å². The fourth-order valence-electron chi connectivity index (χ4n) is 5.05. The number of thiazole rings is 2. The molecular weight excluding hydrogens is 649 g/mol. The van der Waals surface area contributed by atoms with Crippen LogP contribution in [0.4, 0.5) is 0 Å². The van der Waals surface area contributed by atoms with Crippen molar-refractivity contribution in [3.8, 4) is 0 Å². The second-order valence-electron chi connectivity index (χ2n) is 11.4. The van der Waals surface area contributed by atoms with Crippen LogP contribution in [0.15, 0.2) is 70.5 Å². The number of aliphatic imine (C=N–C) groups is 1. The van der Waals surface area contributed by atoms with Gasteiger partial charge in [0, 0.05) is 24.8 Å². The van der Waals surface area contributed by atoms with Crippen molar-refractivity contribution in [2.24, 2.45) is 16.5 Å². The minimum Gasteiger partial charge on any atom is -0.370 e. The summed E-state index contributed by atoms with van der Waals surface area (Å²) < 4.78 is 0.858. The Bertz CT molecular complexity index is 1640. The Balaban J connectivity index is 1.48. The summed E-state index contributed by atoms with van der Waals surface area (Å²) in [6.45, 7) is 2.26. The van der Waals surface area contributed by atoms with E-state index in [1.54, 1.807) is 5.51 Å². The van der Waals surface area contributed by atoms with Crippen LogP contribution in [0.1, 0.15) is 66.5 Å². The van der Waals surface area contributed by atoms with E-state index in [0.717, 1.165) is 16.7 Å². The van der Waals surface area contributed by atoms with Gasteiger partial charge in [-0.25, -0.2) is 9.97 Å². The highest BCUT2D eigenvalue weighted by Crippen LogP contribution is 2.23. The first kappa shape index (κ1) is 36.2. The molecule has 12 nitrogen and oxygen atoms in total. The number of guanidine groups is 1. The van der Waals surface area contributed by atoms with Gasteiger partial charge in [-0.2, -0.15) is 0 Å². The van der Waals surface area contributed by atoms with Gasteiger partial charge in [0.05, 0.1) is 27.5 Å². The number of benzene rings is 2. The summed E-state index contributed by atoms with van der Waals surface area (Å²) in [7, 11) is 0. The standard InChI is InChI=1S/C34H42N8O4S2/c1-2-3-12-26(41-32(46)27(19-23-20-47-21-38-23)39-29(43)17-16-22-10-5-4-6-11-22)31(45)40-25(14-9-18-37-34(35)36)30(44)33-42-24-13-7-8-15-28(24)48-33/h4-8,10-11,13,15,20-21,25-27H,2-3,9,12,14,16-19H2,1H3,(H,39,43)(H,40,45)(H,41,46)(H4,35,36,37)/t25-,26-,27-/m0/s1. The van der Waals surface area contributed by atoms with Crippen molar-refractivity contribution >= 4 is 62.4 Å². The van der Waals surface area contributed by atoms with Gasteiger partial charge in [0.1, 0.15) is 12.1 Å². The number of nitrogens with zero attached hydrogens (tertiary/aromatic N) is 3. The highest BCUT2D eigenvalue weighted by atomic mass is 32.1. The van der Waals surface area contributed by atoms with E-state index in [1.165, 1.54) is 22.7 Å². The number of amides is 3. The largest absolute Gasteiger partial charge is 0.370 e. The third-order valence-corrected chi connectivity index (χ3v) is 9.28. The van der Waals surface area contributed by atoms with Crippen LogP contribution in [0, 0.1) is 0 Å². The monoisotopic (exact) mass is 690 g/mol. The summed E-state index contributed by atoms with van der Waals surface area (Å²) in [5.41, 5.74) is 15.0. The molecular formula is C34H42N8O4S2. The normalized spacial score (nSPS) is 12.9. The number of hydrogen-bond acceptors (Lipinski definition) is 9. The van der Waals surface area contributed by atoms with Crippen LogP contribution in [0.25, 0.3) is 10.2 Å². The molecule has 0 radical (unpaired) electrons. The number of carbonyl (C=O) groups is 4. The molecule has 0 saturated carbocycles. The molecule has 0 saturated heterocycles. The molecule has 3 atom stereocenters. The van der Waals surface area contributed by atoms with Crippen LogP contribution < -0.4 is 27.4 Å². The quantitative estimate of drug-likeness (QED) is 0.0427. The van der Waals surface area contributed by atoms with E-state index >= 15 is 0 Å². The van der Waals surface area contributed by atoms with E-state index < -0.39 is 29.9 Å². The molecule has 4 rings (SSSR count). The first-order chi connectivity index (χ1) is 23.2. The van der Waals surface area contributed by atoms with Gasteiger partial charge in [-0.3, -0.25) is 24.2 Å². The average molecular weight is 691 g/mol. The number of nitrogens with two attached hydrogens (primary N) is 2. The van der Waals surface area contributed by atoms with E-state index in [4.69, 9.17) is 11.5 Å². The van der Waals surface area contributed by atoms with Gasteiger partial charge in [0.2, 0.25) is 23.5 Å². The summed E-state index contributed by atoms with van der Waals surface area (Å²) in [4.78, 5) is 67.0. The van der Waals surface area contributed by atoms with Crippen molar-refractivity contribution in [1.29, 1.82) is 0 Å². The van der Waals surface area contributed by atoms with E-state index in [9.17, 15) is 19.2 Å². The molecule has 0 aliphatic rings. The third-order valence-electron chi connectivity index (χ3n) is 7.59. The smallest absolute Gasteiger partial charge is 0.243 e. The van der Waals surface area contributed by atoms with Crippen LogP contribution in [-0.2, 0) is 27.2 Å². The SMILES string of the molecule is CCCC[C@H](NC(=O)[C@H](Cc1cscn1)NC(=O)CCc1ccccc1)C(=O)N[C@@H](CCCN=C(N)N)C(=O)c1nc2ccccc2s1. The molecule has 3 amide bonds. The van der Waals surface area contributed by atoms with Gasteiger partial charge in [0.15, 0.2) is 11.0 Å². The van der Waals surface area contributed by atoms with Crippen molar-refractivity contribution in [2.45, 2.75) is 76.4 Å². The maximum absolute atomic E-state index is 13.8. The summed E-state index contributed by atoms with van der Waals surface area (Å²) in [6.07, 6.45) is 3.34. The zero-order chi connectivity index (χ0) is 34.3. The molecule has 0 spiro atoms. The second kappa shape index (κ2) is 18.6. The van der Waals surface area contributed by atoms with E-state index in [0.29, 0.717) is 36.9 Å². The number of para-hydroxylation sites is 1. The van der Waals surface area contributed by atoms with Gasteiger partial charge in [0.25, 0.3) is 0 Å². The zero-order valence-corrected chi connectivity index (χ0v) is 28.5. The van der Waals surface area contributed by atoms with Gasteiger partial charge < -0.3 is 27.4 Å². The summed E-state index contributed by atoms with van der Waals surface area (Å²) in [5.74, 6) is -1.68. The minimum absolute atomic E-state index is 0.0604. The molecule has 7 N–H and O–H groups in total. The third kappa shape index (κ3) is 11.2. The maximum Gasteiger partial charge on any atom is 0.243 e. The molecule has 48 heavy (non-hydrogen) atoms. The topological polar surface area (TPSA) is 195 Å². The molecule has 4 aromatic rings. The highest BCUT2D eigenvalue weighted by molar-refractivity contribution is 7.20. The van der Waals surface area contributed by atoms with E-state index in [1.807, 2.05) is 66.9 Å². The Labute approximate surface area is 287 Å². The Kier molecular flexibility index (Phi) is 14.0. The number of aryl methyl sites for hydroxylation is 1. The van der Waals surface area contributed by atoms with Crippen molar-refractivity contribution in [3.63, 3.8) is 0 Å². The van der Waals surface area contributed by atoms with Crippen molar-refractivity contribution in [2.75, 3.05) is 6.54 Å². The molecule has 0 unspecified atom stereocenters. The molecule has 2 heterocycles. The van der Waals surface area contributed by atoms with Gasteiger partial charge in [-0.15, -0.1) is 22.7 Å². The first-order valence-electron chi connectivity index (χ1n) is 16.0. The predicted molar refractivity (Wildman–Crippen MR) is 190 cm³/mol. The lowest BCUT2D eigenvalue weighted by molar-refractivity contribution is -0.132. The Hall–Kier alpha value is -4.69. The fourth-order valence-corrected chi connectivity index (χ4v) is 6.58. The van der Waals surface area contributed by atoms with Crippen molar-refractivity contribution < 1.29 is 19.2 Å².